The van der Waals surface area contributed by atoms with Crippen LogP contribution in [0, 0.1) is 0 Å². The van der Waals surface area contributed by atoms with Crippen LogP contribution in [-0.2, 0) is 0 Å². The van der Waals surface area contributed by atoms with Crippen LogP contribution in [0.5, 0.6) is 5.88 Å². The van der Waals surface area contributed by atoms with E-state index in [4.69, 9.17) is 16.3 Å². The van der Waals surface area contributed by atoms with Gasteiger partial charge >= 0.3 is 6.03 Å². The Bertz CT molecular complexity index is 828. The number of anilines is 1. The van der Waals surface area contributed by atoms with Crippen molar-refractivity contribution in [2.75, 3.05) is 38.1 Å². The van der Waals surface area contributed by atoms with E-state index in [0.29, 0.717) is 61.4 Å². The van der Waals surface area contributed by atoms with Gasteiger partial charge < -0.3 is 19.9 Å². The van der Waals surface area contributed by atoms with E-state index in [1.54, 1.807) is 52.4 Å². The minimum Gasteiger partial charge on any atom is -0.477 e. The molecule has 2 aromatic rings. The Labute approximate surface area is 169 Å². The van der Waals surface area contributed by atoms with Crippen LogP contribution in [0.25, 0.3) is 0 Å². The van der Waals surface area contributed by atoms with Gasteiger partial charge in [0.25, 0.3) is 5.91 Å². The van der Waals surface area contributed by atoms with E-state index in [0.717, 1.165) is 0 Å². The molecular weight excluding hydrogens is 380 g/mol. The largest absolute Gasteiger partial charge is 0.477 e. The van der Waals surface area contributed by atoms with Crippen LogP contribution in [0.15, 0.2) is 42.6 Å². The van der Waals surface area contributed by atoms with Crippen LogP contribution < -0.4 is 10.1 Å². The average Bonchev–Trinajstić information content (AvgIpc) is 2.96. The van der Waals surface area contributed by atoms with Crippen molar-refractivity contribution in [2.24, 2.45) is 0 Å². The van der Waals surface area contributed by atoms with Gasteiger partial charge in [-0.05, 0) is 49.7 Å². The molecule has 0 radical (unpaired) electrons. The third kappa shape index (κ3) is 4.92. The molecule has 3 amide bonds. The summed E-state index contributed by atoms with van der Waals surface area (Å²) in [4.78, 5) is 33.1. The normalized spacial score (nSPS) is 14.4. The second-order valence-corrected chi connectivity index (χ2v) is 6.80. The maximum absolute atomic E-state index is 12.9. The topological polar surface area (TPSA) is 74.8 Å². The molecule has 3 rings (SSSR count). The van der Waals surface area contributed by atoms with E-state index < -0.39 is 0 Å². The minimum atomic E-state index is -0.187. The number of rotatable bonds is 4. The Kier molecular flexibility index (Phi) is 6.71. The molecule has 7 nitrogen and oxygen atoms in total. The number of benzene rings is 1. The molecule has 2 heterocycles. The second-order valence-electron chi connectivity index (χ2n) is 6.36. The number of aromatic nitrogens is 1. The zero-order valence-corrected chi connectivity index (χ0v) is 16.5. The Morgan fingerprint density at radius 2 is 1.82 bits per heavy atom. The minimum absolute atomic E-state index is 0.128. The molecule has 0 bridgehead atoms. The number of ether oxygens (including phenoxy) is 1. The molecule has 1 aliphatic rings. The lowest BCUT2D eigenvalue weighted by molar-refractivity contribution is 0.0757. The lowest BCUT2D eigenvalue weighted by Crippen LogP contribution is -2.39. The predicted octanol–water partition coefficient (Wildman–Crippen LogP) is 3.51. The standard InChI is InChI=1S/C20H23ClN4O3/c1-2-28-18-17(5-3-10-22-18)19(26)24-11-4-12-25(14-13-24)20(27)23-16-8-6-15(21)7-9-16/h3,5-10H,2,4,11-14H2,1H3,(H,23,27). The van der Waals surface area contributed by atoms with Crippen LogP contribution in [0.2, 0.25) is 5.02 Å². The van der Waals surface area contributed by atoms with E-state index in [1.807, 2.05) is 6.92 Å². The van der Waals surface area contributed by atoms with Gasteiger partial charge in [0.1, 0.15) is 5.56 Å². The molecule has 8 heteroatoms. The number of hydrogen-bond acceptors (Lipinski definition) is 4. The lowest BCUT2D eigenvalue weighted by Gasteiger charge is -2.23. The molecule has 0 atom stereocenters. The summed E-state index contributed by atoms with van der Waals surface area (Å²) in [6.07, 6.45) is 2.30. The van der Waals surface area contributed by atoms with Crippen molar-refractivity contribution in [1.29, 1.82) is 0 Å². The lowest BCUT2D eigenvalue weighted by atomic mass is 10.2. The molecule has 1 fully saturated rings. The highest BCUT2D eigenvalue weighted by Crippen LogP contribution is 2.19. The molecule has 0 spiro atoms. The first kappa shape index (κ1) is 19.9. The SMILES string of the molecule is CCOc1ncccc1C(=O)N1CCCN(C(=O)Nc2ccc(Cl)cc2)CC1. The van der Waals surface area contributed by atoms with Crippen molar-refractivity contribution in [3.63, 3.8) is 0 Å². The van der Waals surface area contributed by atoms with Crippen LogP contribution >= 0.6 is 11.6 Å². The van der Waals surface area contributed by atoms with Crippen molar-refractivity contribution < 1.29 is 14.3 Å². The van der Waals surface area contributed by atoms with E-state index in [-0.39, 0.29) is 11.9 Å². The van der Waals surface area contributed by atoms with Crippen molar-refractivity contribution in [2.45, 2.75) is 13.3 Å². The van der Waals surface area contributed by atoms with Gasteiger partial charge in [-0.2, -0.15) is 0 Å². The highest BCUT2D eigenvalue weighted by Gasteiger charge is 2.25. The highest BCUT2D eigenvalue weighted by atomic mass is 35.5. The molecule has 1 aromatic carbocycles. The van der Waals surface area contributed by atoms with Crippen LogP contribution in [0.3, 0.4) is 0 Å². The maximum atomic E-state index is 12.9. The number of carbonyl (C=O) groups is 2. The van der Waals surface area contributed by atoms with E-state index in [2.05, 4.69) is 10.3 Å². The first-order valence-electron chi connectivity index (χ1n) is 9.27. The smallest absolute Gasteiger partial charge is 0.321 e. The van der Waals surface area contributed by atoms with Gasteiger partial charge in [0, 0.05) is 43.1 Å². The third-order valence-electron chi connectivity index (χ3n) is 4.45. The summed E-state index contributed by atoms with van der Waals surface area (Å²) < 4.78 is 5.47. The van der Waals surface area contributed by atoms with Crippen molar-refractivity contribution in [3.8, 4) is 5.88 Å². The zero-order chi connectivity index (χ0) is 19.9. The highest BCUT2D eigenvalue weighted by molar-refractivity contribution is 6.30. The summed E-state index contributed by atoms with van der Waals surface area (Å²) >= 11 is 5.87. The first-order chi connectivity index (χ1) is 13.6. The molecule has 148 valence electrons. The Hall–Kier alpha value is -2.80. The van der Waals surface area contributed by atoms with Gasteiger partial charge in [-0.3, -0.25) is 4.79 Å². The number of nitrogens with one attached hydrogen (secondary N) is 1. The predicted molar refractivity (Wildman–Crippen MR) is 108 cm³/mol. The second kappa shape index (κ2) is 9.41. The van der Waals surface area contributed by atoms with Crippen molar-refractivity contribution in [1.82, 2.24) is 14.8 Å². The summed E-state index contributed by atoms with van der Waals surface area (Å²) in [5.41, 5.74) is 1.13. The number of urea groups is 1. The number of carbonyl (C=O) groups excluding carboxylic acids is 2. The van der Waals surface area contributed by atoms with Gasteiger partial charge in [-0.15, -0.1) is 0 Å². The van der Waals surface area contributed by atoms with Gasteiger partial charge in [-0.25, -0.2) is 9.78 Å². The van der Waals surface area contributed by atoms with Crippen LogP contribution in [0.4, 0.5) is 10.5 Å². The van der Waals surface area contributed by atoms with Crippen molar-refractivity contribution >= 4 is 29.2 Å². The molecule has 1 saturated heterocycles. The molecule has 0 saturated carbocycles. The van der Waals surface area contributed by atoms with Gasteiger partial charge in [0.2, 0.25) is 5.88 Å². The Balaban J connectivity index is 1.62. The number of pyridine rings is 1. The molecule has 1 aromatic heterocycles. The molecular formula is C20H23ClN4O3. The summed E-state index contributed by atoms with van der Waals surface area (Å²) in [5, 5.41) is 3.48. The Morgan fingerprint density at radius 1 is 1.11 bits per heavy atom. The molecule has 1 aliphatic heterocycles. The summed E-state index contributed by atoms with van der Waals surface area (Å²) in [6, 6.07) is 10.2. The van der Waals surface area contributed by atoms with E-state index in [1.165, 1.54) is 0 Å². The van der Waals surface area contributed by atoms with Crippen LogP contribution in [-0.4, -0.2) is 59.5 Å². The van der Waals surface area contributed by atoms with Crippen LogP contribution in [0.1, 0.15) is 23.7 Å². The number of nitrogens with zero attached hydrogens (tertiary/aromatic N) is 3. The monoisotopic (exact) mass is 402 g/mol. The fourth-order valence-electron chi connectivity index (χ4n) is 3.04. The van der Waals surface area contributed by atoms with Crippen molar-refractivity contribution in [3.05, 3.63) is 53.2 Å². The summed E-state index contributed by atoms with van der Waals surface area (Å²) in [5.74, 6) is 0.216. The third-order valence-corrected chi connectivity index (χ3v) is 4.70. The zero-order valence-electron chi connectivity index (χ0n) is 15.7. The average molecular weight is 403 g/mol. The first-order valence-corrected chi connectivity index (χ1v) is 9.65. The number of halogens is 1. The van der Waals surface area contributed by atoms with E-state index >= 15 is 0 Å². The number of hydrogen-bond donors (Lipinski definition) is 1. The maximum Gasteiger partial charge on any atom is 0.321 e. The fourth-order valence-corrected chi connectivity index (χ4v) is 3.16. The van der Waals surface area contributed by atoms with E-state index in [9.17, 15) is 9.59 Å². The molecule has 1 N–H and O–H groups in total. The quantitative estimate of drug-likeness (QED) is 0.849. The molecule has 0 aliphatic carbocycles. The van der Waals surface area contributed by atoms with Gasteiger partial charge in [0.15, 0.2) is 0 Å². The molecule has 0 unspecified atom stereocenters. The Morgan fingerprint density at radius 3 is 2.57 bits per heavy atom. The number of amides is 3. The van der Waals surface area contributed by atoms with Gasteiger partial charge in [-0.1, -0.05) is 11.6 Å². The fraction of sp³-hybridized carbons (Fsp3) is 0.350. The summed E-state index contributed by atoms with van der Waals surface area (Å²) in [6.45, 7) is 4.35. The summed E-state index contributed by atoms with van der Waals surface area (Å²) in [7, 11) is 0. The van der Waals surface area contributed by atoms with Gasteiger partial charge in [0.05, 0.1) is 6.61 Å². The molecule has 28 heavy (non-hydrogen) atoms.